The normalized spacial score (nSPS) is 21.1. The highest BCUT2D eigenvalue weighted by Crippen LogP contribution is 2.38. The molecule has 15 nitrogen and oxygen atoms in total. The SMILES string of the molecule is Cc1ncsc1-c1ccc([C@H](C)NC(=O)[C@@H]2C[C@@H](O)CN2C(=O)[C@@H](NC(=O)C2CCC(C(=O)N3CCC(n4cc(-c5cnc(N)c(O[C@H](C)c6c(Cl)ccc(F)c6Cl)c5)cn4)CC3)CC2)C(C)(C)C)cc1. The zero-order valence-corrected chi connectivity index (χ0v) is 43.2. The molecule has 4 amide bonds. The maximum atomic E-state index is 14.4. The number of aliphatic hydroxyl groups excluding tert-OH is 1. The van der Waals surface area contributed by atoms with Gasteiger partial charge in [0.25, 0.3) is 0 Å². The number of amides is 4. The summed E-state index contributed by atoms with van der Waals surface area (Å²) in [7, 11) is 0. The van der Waals surface area contributed by atoms with Gasteiger partial charge in [0, 0.05) is 72.0 Å². The molecule has 0 radical (unpaired) electrons. The predicted molar refractivity (Wildman–Crippen MR) is 272 cm³/mol. The number of piperidine rings is 1. The fourth-order valence-corrected chi connectivity index (χ4v) is 11.5. The van der Waals surface area contributed by atoms with Crippen molar-refractivity contribution >= 4 is 64.0 Å². The zero-order valence-electron chi connectivity index (χ0n) is 40.8. The Labute approximate surface area is 427 Å². The monoisotopic (exact) mass is 1030 g/mol. The number of pyridine rings is 1. The number of hydrogen-bond acceptors (Lipinski definition) is 11. The Balaban J connectivity index is 0.815. The third-order valence-corrected chi connectivity index (χ3v) is 15.9. The van der Waals surface area contributed by atoms with Gasteiger partial charge in [-0.3, -0.25) is 23.9 Å². The Morgan fingerprint density at radius 2 is 1.59 bits per heavy atom. The number of nitrogens with zero attached hydrogens (tertiary/aromatic N) is 6. The van der Waals surface area contributed by atoms with Crippen molar-refractivity contribution < 1.29 is 33.4 Å². The first-order valence-corrected chi connectivity index (χ1v) is 25.9. The summed E-state index contributed by atoms with van der Waals surface area (Å²) in [6.45, 7) is 12.3. The average Bonchev–Trinajstić information content (AvgIpc) is 4.12. The maximum Gasteiger partial charge on any atom is 0.246 e. The number of nitrogens with one attached hydrogen (secondary N) is 2. The number of aryl methyl sites for hydroxylation is 1. The van der Waals surface area contributed by atoms with Crippen molar-refractivity contribution in [3.63, 3.8) is 0 Å². The molecule has 5 heterocycles. The fraction of sp³-hybridized carbons (Fsp3) is 0.481. The van der Waals surface area contributed by atoms with Crippen molar-refractivity contribution in [3.05, 3.63) is 99.2 Å². The molecule has 1 aliphatic carbocycles. The number of carbonyl (C=O) groups is 4. The van der Waals surface area contributed by atoms with E-state index in [-0.39, 0.29) is 76.2 Å². The van der Waals surface area contributed by atoms with Crippen LogP contribution in [0.2, 0.25) is 10.0 Å². The van der Waals surface area contributed by atoms with E-state index >= 15 is 0 Å². The molecule has 2 saturated heterocycles. The van der Waals surface area contributed by atoms with Crippen molar-refractivity contribution in [1.29, 1.82) is 0 Å². The van der Waals surface area contributed by atoms with E-state index in [1.54, 1.807) is 36.7 Å². The Kier molecular flexibility index (Phi) is 15.7. The lowest BCUT2D eigenvalue weighted by Gasteiger charge is -2.38. The number of likely N-dealkylation sites (tertiary alicyclic amines) is 2. The third kappa shape index (κ3) is 11.5. The molecule has 378 valence electrons. The van der Waals surface area contributed by atoms with Crippen LogP contribution in [0.4, 0.5) is 10.2 Å². The van der Waals surface area contributed by atoms with E-state index in [1.807, 2.05) is 80.2 Å². The highest BCUT2D eigenvalue weighted by Gasteiger charge is 2.45. The molecule has 19 heteroatoms. The van der Waals surface area contributed by atoms with Crippen LogP contribution in [0.5, 0.6) is 5.75 Å². The number of rotatable bonds is 13. The van der Waals surface area contributed by atoms with Crippen molar-refractivity contribution in [2.45, 2.75) is 123 Å². The summed E-state index contributed by atoms with van der Waals surface area (Å²) in [6.07, 6.45) is 7.35. The molecular formula is C52H62Cl2FN9O6S. The van der Waals surface area contributed by atoms with Crippen molar-refractivity contribution in [1.82, 2.24) is 40.2 Å². The lowest BCUT2D eigenvalue weighted by atomic mass is 9.79. The van der Waals surface area contributed by atoms with Gasteiger partial charge in [-0.2, -0.15) is 5.10 Å². The Hall–Kier alpha value is -5.62. The largest absolute Gasteiger partial charge is 0.482 e. The number of benzene rings is 2. The van der Waals surface area contributed by atoms with Gasteiger partial charge >= 0.3 is 0 Å². The van der Waals surface area contributed by atoms with Crippen molar-refractivity contribution in [3.8, 4) is 27.3 Å². The van der Waals surface area contributed by atoms with Gasteiger partial charge in [0.15, 0.2) is 11.6 Å². The Bertz CT molecular complexity index is 2750. The second-order valence-corrected chi connectivity index (χ2v) is 21.9. The first kappa shape index (κ1) is 51.7. The summed E-state index contributed by atoms with van der Waals surface area (Å²) in [6, 6.07) is 10.2. The summed E-state index contributed by atoms with van der Waals surface area (Å²) in [5.74, 6) is -1.69. The molecule has 5 N–H and O–H groups in total. The molecule has 5 aromatic rings. The molecule has 2 aromatic carbocycles. The summed E-state index contributed by atoms with van der Waals surface area (Å²) < 4.78 is 22.2. The average molecular weight is 1030 g/mol. The number of thiazole rings is 1. The molecule has 2 aliphatic heterocycles. The fourth-order valence-electron chi connectivity index (χ4n) is 10.0. The molecule has 0 bridgehead atoms. The van der Waals surface area contributed by atoms with Gasteiger partial charge in [0.1, 0.15) is 24.0 Å². The van der Waals surface area contributed by atoms with E-state index in [2.05, 4.69) is 25.7 Å². The minimum absolute atomic E-state index is 0.0177. The second kappa shape index (κ2) is 21.6. The van der Waals surface area contributed by atoms with Crippen LogP contribution in [0.25, 0.3) is 21.6 Å². The van der Waals surface area contributed by atoms with Crippen LogP contribution in [0, 0.1) is 30.0 Å². The van der Waals surface area contributed by atoms with Gasteiger partial charge < -0.3 is 36.0 Å². The van der Waals surface area contributed by atoms with E-state index in [0.717, 1.165) is 27.3 Å². The van der Waals surface area contributed by atoms with Gasteiger partial charge in [-0.1, -0.05) is 68.2 Å². The highest BCUT2D eigenvalue weighted by atomic mass is 35.5. The summed E-state index contributed by atoms with van der Waals surface area (Å²) in [5, 5.41) is 21.6. The number of aliphatic hydroxyl groups is 1. The molecule has 1 saturated carbocycles. The highest BCUT2D eigenvalue weighted by molar-refractivity contribution is 7.13. The second-order valence-electron chi connectivity index (χ2n) is 20.3. The van der Waals surface area contributed by atoms with E-state index < -0.39 is 41.4 Å². The van der Waals surface area contributed by atoms with Crippen LogP contribution in [-0.2, 0) is 19.2 Å². The summed E-state index contributed by atoms with van der Waals surface area (Å²) >= 11 is 14.1. The number of nitrogens with two attached hydrogens (primary N) is 1. The molecular weight excluding hydrogens is 969 g/mol. The summed E-state index contributed by atoms with van der Waals surface area (Å²) in [4.78, 5) is 69.0. The number of nitrogen functional groups attached to an aromatic ring is 1. The first-order chi connectivity index (χ1) is 33.8. The molecule has 8 rings (SSSR count). The van der Waals surface area contributed by atoms with E-state index in [1.165, 1.54) is 17.0 Å². The molecule has 71 heavy (non-hydrogen) atoms. The number of aromatic nitrogens is 4. The number of halogens is 3. The van der Waals surface area contributed by atoms with Crippen LogP contribution < -0.4 is 21.1 Å². The molecule has 5 atom stereocenters. The van der Waals surface area contributed by atoms with Gasteiger partial charge in [-0.05, 0) is 94.0 Å². The van der Waals surface area contributed by atoms with Gasteiger partial charge in [-0.25, -0.2) is 14.4 Å². The van der Waals surface area contributed by atoms with E-state index in [9.17, 15) is 28.7 Å². The molecule has 3 aromatic heterocycles. The lowest BCUT2D eigenvalue weighted by molar-refractivity contribution is -0.145. The predicted octanol–water partition coefficient (Wildman–Crippen LogP) is 8.89. The maximum absolute atomic E-state index is 14.4. The summed E-state index contributed by atoms with van der Waals surface area (Å²) in [5.41, 5.74) is 12.0. The van der Waals surface area contributed by atoms with Crippen LogP contribution >= 0.6 is 34.5 Å². The van der Waals surface area contributed by atoms with Gasteiger partial charge in [-0.15, -0.1) is 11.3 Å². The van der Waals surface area contributed by atoms with Crippen LogP contribution in [0.15, 0.2) is 66.6 Å². The van der Waals surface area contributed by atoms with E-state index in [4.69, 9.17) is 33.7 Å². The number of carbonyl (C=O) groups excluding carboxylic acids is 4. The molecule has 3 fully saturated rings. The third-order valence-electron chi connectivity index (χ3n) is 14.2. The minimum Gasteiger partial charge on any atom is -0.482 e. The quantitative estimate of drug-likeness (QED) is 0.0827. The lowest BCUT2D eigenvalue weighted by Crippen LogP contribution is -2.58. The topological polar surface area (TPSA) is 198 Å². The van der Waals surface area contributed by atoms with Gasteiger partial charge in [0.05, 0.1) is 45.5 Å². The Morgan fingerprint density at radius 3 is 2.25 bits per heavy atom. The van der Waals surface area contributed by atoms with E-state index in [0.29, 0.717) is 62.7 Å². The minimum atomic E-state index is -0.945. The molecule has 3 aliphatic rings. The van der Waals surface area contributed by atoms with Crippen molar-refractivity contribution in [2.24, 2.45) is 17.3 Å². The Morgan fingerprint density at radius 1 is 0.901 bits per heavy atom. The number of hydrogen-bond donors (Lipinski definition) is 4. The first-order valence-electron chi connectivity index (χ1n) is 24.3. The molecule has 0 spiro atoms. The van der Waals surface area contributed by atoms with Crippen LogP contribution in [-0.4, -0.2) is 96.1 Å². The zero-order chi connectivity index (χ0) is 50.9. The van der Waals surface area contributed by atoms with Crippen LogP contribution in [0.3, 0.4) is 0 Å². The van der Waals surface area contributed by atoms with Crippen molar-refractivity contribution in [2.75, 3.05) is 25.4 Å². The standard InChI is InChI=1S/C52H62Cl2FN9O6S/c1-28(31-7-9-32(10-8-31)45-29(2)58-27-71-45)60-49(67)41-22-38(65)26-63(41)51(69)46(52(4,5)6)61-48(66)33-11-13-34(14-12-33)50(68)62-19-17-37(18-20-62)64-25-36(24-59-64)35-21-42(47(56)57-23-35)70-30(3)43-39(53)15-16-40(55)44(43)54/h7-10,15-16,21,23-25,27-28,30,33-34,37-38,41,46,65H,11-14,17-20,22,26H2,1-6H3,(H2,56,57)(H,60,67)(H,61,66)/t28-,30+,33?,34?,38+,41-,46+/m0/s1. The number of β-amino-alcohol motifs (C(OH)–C–C–N with tert-alkyl or cyclic N) is 1. The van der Waals surface area contributed by atoms with Crippen LogP contribution in [0.1, 0.15) is 115 Å². The molecule has 0 unspecified atom stereocenters. The van der Waals surface area contributed by atoms with Gasteiger partial charge in [0.2, 0.25) is 23.6 Å². The number of anilines is 1. The smallest absolute Gasteiger partial charge is 0.246 e. The number of ether oxygens (including phenoxy) is 1.